The van der Waals surface area contributed by atoms with Gasteiger partial charge >= 0.3 is 6.18 Å². The van der Waals surface area contributed by atoms with E-state index in [0.29, 0.717) is 39.6 Å². The second kappa shape index (κ2) is 8.81. The molecule has 1 saturated heterocycles. The Balaban J connectivity index is 1.44. The lowest BCUT2D eigenvalue weighted by Crippen LogP contribution is -2.35. The van der Waals surface area contributed by atoms with Crippen molar-refractivity contribution in [3.63, 3.8) is 0 Å². The van der Waals surface area contributed by atoms with Gasteiger partial charge in [-0.15, -0.1) is 0 Å². The molecule has 1 aliphatic rings. The molecule has 0 amide bonds. The zero-order valence-electron chi connectivity index (χ0n) is 16.7. The molecule has 7 nitrogen and oxygen atoms in total. The first-order valence-corrected chi connectivity index (χ1v) is 10.5. The number of guanidine groups is 1. The molecule has 3 aromatic rings. The summed E-state index contributed by atoms with van der Waals surface area (Å²) >= 11 is 3.44. The number of nitrogens with zero attached hydrogens (tertiary/aromatic N) is 3. The zero-order chi connectivity index (χ0) is 22.9. The number of alkyl halides is 3. The van der Waals surface area contributed by atoms with Gasteiger partial charge in [0.15, 0.2) is 5.96 Å². The topological polar surface area (TPSA) is 101 Å². The Labute approximate surface area is 190 Å². The van der Waals surface area contributed by atoms with Crippen LogP contribution in [0.4, 0.5) is 13.2 Å². The van der Waals surface area contributed by atoms with E-state index in [1.807, 2.05) is 0 Å². The van der Waals surface area contributed by atoms with Crippen LogP contribution in [0.15, 0.2) is 51.5 Å². The third-order valence-corrected chi connectivity index (χ3v) is 5.77. The molecule has 168 valence electrons. The first-order valence-electron chi connectivity index (χ1n) is 9.75. The third kappa shape index (κ3) is 4.72. The lowest BCUT2D eigenvalue weighted by molar-refractivity contribution is -0.137. The zero-order valence-corrected chi connectivity index (χ0v) is 18.3. The van der Waals surface area contributed by atoms with E-state index >= 15 is 0 Å². The predicted octanol–water partition coefficient (Wildman–Crippen LogP) is 5.13. The molecular weight excluding hydrogens is 491 g/mol. The molecule has 3 N–H and O–H groups in total. The molecule has 0 unspecified atom stereocenters. The maximum absolute atomic E-state index is 12.7. The van der Waals surface area contributed by atoms with Crippen LogP contribution in [0, 0.1) is 5.41 Å². The van der Waals surface area contributed by atoms with Crippen molar-refractivity contribution in [3.05, 3.63) is 64.0 Å². The Morgan fingerprint density at radius 3 is 2.66 bits per heavy atom. The van der Waals surface area contributed by atoms with E-state index in [9.17, 15) is 13.2 Å². The van der Waals surface area contributed by atoms with E-state index < -0.39 is 11.7 Å². The van der Waals surface area contributed by atoms with Gasteiger partial charge in [-0.3, -0.25) is 5.41 Å². The lowest BCUT2D eigenvalue weighted by atomic mass is 10.1. The highest BCUT2D eigenvalue weighted by atomic mass is 79.9. The molecule has 1 atom stereocenters. The quantitative estimate of drug-likeness (QED) is 0.365. The minimum atomic E-state index is -4.37. The Kier molecular flexibility index (Phi) is 6.09. The molecule has 0 bridgehead atoms. The maximum atomic E-state index is 12.7. The van der Waals surface area contributed by atoms with E-state index in [1.165, 1.54) is 12.1 Å². The van der Waals surface area contributed by atoms with Crippen molar-refractivity contribution in [3.8, 4) is 17.1 Å². The van der Waals surface area contributed by atoms with Gasteiger partial charge < -0.3 is 19.9 Å². The van der Waals surface area contributed by atoms with Crippen molar-refractivity contribution in [1.82, 2.24) is 15.0 Å². The van der Waals surface area contributed by atoms with Gasteiger partial charge in [0.25, 0.3) is 0 Å². The summed E-state index contributed by atoms with van der Waals surface area (Å²) in [5.41, 5.74) is 6.24. The number of halogens is 4. The third-order valence-electron chi connectivity index (χ3n) is 5.15. The number of benzene rings is 2. The number of hydrogen-bond donors (Lipinski definition) is 2. The predicted molar refractivity (Wildman–Crippen MR) is 114 cm³/mol. The van der Waals surface area contributed by atoms with E-state index in [-0.39, 0.29) is 18.6 Å². The molecule has 32 heavy (non-hydrogen) atoms. The summed E-state index contributed by atoms with van der Waals surface area (Å²) in [6.45, 7) is 0.791. The van der Waals surface area contributed by atoms with Crippen molar-refractivity contribution >= 4 is 21.9 Å². The second-order valence-corrected chi connectivity index (χ2v) is 8.18. The maximum Gasteiger partial charge on any atom is 0.416 e. The summed E-state index contributed by atoms with van der Waals surface area (Å²) in [5.74, 6) is 1.30. The van der Waals surface area contributed by atoms with Gasteiger partial charge in [0.05, 0.1) is 10.0 Å². The van der Waals surface area contributed by atoms with Gasteiger partial charge in [-0.2, -0.15) is 18.2 Å². The smallest absolute Gasteiger partial charge is 0.416 e. The number of likely N-dealkylation sites (tertiary alicyclic amines) is 1. The summed E-state index contributed by atoms with van der Waals surface area (Å²) in [6.07, 6.45) is -2.70. The minimum Gasteiger partial charge on any atom is -0.488 e. The summed E-state index contributed by atoms with van der Waals surface area (Å²) in [6, 6.07) is 9.89. The summed E-state index contributed by atoms with van der Waals surface area (Å²) < 4.78 is 49.8. The highest BCUT2D eigenvalue weighted by molar-refractivity contribution is 9.10. The number of hydrogen-bond acceptors (Lipinski definition) is 5. The van der Waals surface area contributed by atoms with E-state index in [0.717, 1.165) is 25.0 Å². The molecule has 0 aliphatic carbocycles. The Morgan fingerprint density at radius 1 is 1.25 bits per heavy atom. The van der Waals surface area contributed by atoms with Gasteiger partial charge in [0.2, 0.25) is 11.7 Å². The fourth-order valence-corrected chi connectivity index (χ4v) is 4.00. The molecule has 0 saturated carbocycles. The fourth-order valence-electron chi connectivity index (χ4n) is 3.51. The van der Waals surface area contributed by atoms with Crippen molar-refractivity contribution < 1.29 is 22.4 Å². The van der Waals surface area contributed by atoms with Crippen molar-refractivity contribution in [2.75, 3.05) is 6.54 Å². The Hall–Kier alpha value is -3.08. The largest absolute Gasteiger partial charge is 0.488 e. The van der Waals surface area contributed by atoms with E-state index in [4.69, 9.17) is 20.4 Å². The van der Waals surface area contributed by atoms with Crippen LogP contribution in [-0.4, -0.2) is 27.5 Å². The monoisotopic (exact) mass is 509 g/mol. The molecule has 1 aliphatic heterocycles. The van der Waals surface area contributed by atoms with Gasteiger partial charge in [-0.1, -0.05) is 17.3 Å². The highest BCUT2D eigenvalue weighted by Gasteiger charge is 2.32. The molecule has 2 aromatic carbocycles. The molecule has 11 heteroatoms. The van der Waals surface area contributed by atoms with Crippen LogP contribution in [0.3, 0.4) is 0 Å². The Morgan fingerprint density at radius 2 is 2.00 bits per heavy atom. The van der Waals surface area contributed by atoms with Crippen LogP contribution in [-0.2, 0) is 12.8 Å². The number of nitrogens with one attached hydrogen (secondary N) is 1. The molecule has 0 spiro atoms. The van der Waals surface area contributed by atoms with Gasteiger partial charge in [-0.05, 0) is 64.7 Å². The first-order chi connectivity index (χ1) is 15.2. The van der Waals surface area contributed by atoms with Crippen LogP contribution in [0.25, 0.3) is 11.4 Å². The average Bonchev–Trinajstić information content (AvgIpc) is 3.42. The van der Waals surface area contributed by atoms with Gasteiger partial charge in [-0.25, -0.2) is 0 Å². The van der Waals surface area contributed by atoms with E-state index in [1.54, 1.807) is 23.1 Å². The van der Waals surface area contributed by atoms with Crippen molar-refractivity contribution in [2.24, 2.45) is 5.73 Å². The summed E-state index contributed by atoms with van der Waals surface area (Å²) in [4.78, 5) is 6.19. The fraction of sp³-hybridized carbons (Fsp3) is 0.286. The average molecular weight is 510 g/mol. The normalized spacial score (nSPS) is 16.4. The highest BCUT2D eigenvalue weighted by Crippen LogP contribution is 2.34. The molecule has 1 aromatic heterocycles. The van der Waals surface area contributed by atoms with Crippen LogP contribution in [0.1, 0.15) is 35.9 Å². The molecular formula is C21H19BrF3N5O2. The standard InChI is InChI=1S/C21H19BrF3N5O2/c22-15-10-13(18-28-19(32-29-18)16-2-1-9-30(16)20(26)27)5-8-17(15)31-11-12-3-6-14(7-4-12)21(23,24)25/h3-8,10,16H,1-2,9,11H2,(H3,26,27)/t16-/m0/s1. The lowest BCUT2D eigenvalue weighted by Gasteiger charge is -2.21. The van der Waals surface area contributed by atoms with Crippen LogP contribution in [0.2, 0.25) is 0 Å². The number of ether oxygens (including phenoxy) is 1. The summed E-state index contributed by atoms with van der Waals surface area (Å²) in [7, 11) is 0. The van der Waals surface area contributed by atoms with Crippen molar-refractivity contribution in [2.45, 2.75) is 31.7 Å². The number of aromatic nitrogens is 2. The van der Waals surface area contributed by atoms with Gasteiger partial charge in [0, 0.05) is 12.1 Å². The SMILES string of the molecule is N=C(N)N1CCC[C@H]1c1nc(-c2ccc(OCc3ccc(C(F)(F)F)cc3)c(Br)c2)no1. The summed E-state index contributed by atoms with van der Waals surface area (Å²) in [5, 5.41) is 11.7. The van der Waals surface area contributed by atoms with Crippen LogP contribution in [0.5, 0.6) is 5.75 Å². The molecule has 1 fully saturated rings. The number of rotatable bonds is 5. The molecule has 4 rings (SSSR count). The van der Waals surface area contributed by atoms with E-state index in [2.05, 4.69) is 26.1 Å². The minimum absolute atomic E-state index is 0.0236. The van der Waals surface area contributed by atoms with Gasteiger partial charge in [0.1, 0.15) is 18.4 Å². The second-order valence-electron chi connectivity index (χ2n) is 7.32. The van der Waals surface area contributed by atoms with Crippen molar-refractivity contribution in [1.29, 1.82) is 5.41 Å². The first kappa shape index (κ1) is 22.1. The molecule has 0 radical (unpaired) electrons. The molecule has 2 heterocycles. The Bertz CT molecular complexity index is 1120. The number of nitrogens with two attached hydrogens (primary N) is 1. The van der Waals surface area contributed by atoms with Crippen LogP contribution >= 0.6 is 15.9 Å². The van der Waals surface area contributed by atoms with Crippen LogP contribution < -0.4 is 10.5 Å².